The van der Waals surface area contributed by atoms with E-state index < -0.39 is 0 Å². The van der Waals surface area contributed by atoms with E-state index >= 15 is 0 Å². The summed E-state index contributed by atoms with van der Waals surface area (Å²) in [5.41, 5.74) is -0.280. The second-order valence-electron chi connectivity index (χ2n) is 4.92. The maximum atomic E-state index is 12.3. The number of rotatable bonds is 1. The third-order valence-electron chi connectivity index (χ3n) is 3.55. The molecule has 0 radical (unpaired) electrons. The molecule has 2 aliphatic rings. The largest absolute Gasteiger partial charge is 0.337 e. The number of carbonyl (C=O) groups is 2. The van der Waals surface area contributed by atoms with Gasteiger partial charge in [-0.1, -0.05) is 12.8 Å². The Bertz CT molecular complexity index is 293. The molecule has 0 bridgehead atoms. The van der Waals surface area contributed by atoms with Gasteiger partial charge in [0.2, 0.25) is 5.91 Å². The standard InChI is InChI=1S/C11H18N2O2/c1-8(2)13-9(14)11(5-3-4-6-11)7-12-10(13)15/h8H,3-7H2,1-2H3,(H,12,15). The lowest BCUT2D eigenvalue weighted by Crippen LogP contribution is -2.61. The summed E-state index contributed by atoms with van der Waals surface area (Å²) in [7, 11) is 0. The van der Waals surface area contributed by atoms with E-state index in [2.05, 4.69) is 5.32 Å². The van der Waals surface area contributed by atoms with Crippen LogP contribution in [0.15, 0.2) is 0 Å². The Morgan fingerprint density at radius 2 is 1.87 bits per heavy atom. The molecule has 0 atom stereocenters. The Hall–Kier alpha value is -1.06. The fourth-order valence-corrected chi connectivity index (χ4v) is 2.66. The van der Waals surface area contributed by atoms with E-state index in [1.807, 2.05) is 13.8 Å². The first kappa shape index (κ1) is 10.5. The average molecular weight is 210 g/mol. The lowest BCUT2D eigenvalue weighted by Gasteiger charge is -2.40. The molecule has 1 aliphatic carbocycles. The van der Waals surface area contributed by atoms with Crippen molar-refractivity contribution >= 4 is 11.9 Å². The van der Waals surface area contributed by atoms with Crippen LogP contribution in [-0.4, -0.2) is 29.4 Å². The smallest absolute Gasteiger partial charge is 0.324 e. The van der Waals surface area contributed by atoms with E-state index in [9.17, 15) is 9.59 Å². The minimum atomic E-state index is -0.280. The van der Waals surface area contributed by atoms with E-state index in [0.717, 1.165) is 25.7 Å². The van der Waals surface area contributed by atoms with Crippen LogP contribution in [0.4, 0.5) is 4.79 Å². The van der Waals surface area contributed by atoms with Crippen LogP contribution < -0.4 is 5.32 Å². The van der Waals surface area contributed by atoms with Gasteiger partial charge in [0, 0.05) is 12.6 Å². The monoisotopic (exact) mass is 210 g/mol. The molecule has 3 amide bonds. The van der Waals surface area contributed by atoms with Crippen LogP contribution in [0.25, 0.3) is 0 Å². The van der Waals surface area contributed by atoms with Gasteiger partial charge in [0.1, 0.15) is 0 Å². The molecule has 15 heavy (non-hydrogen) atoms. The summed E-state index contributed by atoms with van der Waals surface area (Å²) in [5, 5.41) is 2.84. The Morgan fingerprint density at radius 1 is 1.27 bits per heavy atom. The molecule has 1 aliphatic heterocycles. The summed E-state index contributed by atoms with van der Waals surface area (Å²) in [6, 6.07) is -0.275. The molecule has 0 aromatic rings. The molecule has 1 spiro atoms. The third-order valence-corrected chi connectivity index (χ3v) is 3.55. The van der Waals surface area contributed by atoms with Crippen molar-refractivity contribution < 1.29 is 9.59 Å². The maximum Gasteiger partial charge on any atom is 0.324 e. The second kappa shape index (κ2) is 3.51. The molecule has 84 valence electrons. The predicted molar refractivity (Wildman–Crippen MR) is 56.3 cm³/mol. The average Bonchev–Trinajstić information content (AvgIpc) is 2.62. The van der Waals surface area contributed by atoms with Crippen LogP contribution in [0.3, 0.4) is 0 Å². The Balaban J connectivity index is 2.25. The van der Waals surface area contributed by atoms with Crippen molar-refractivity contribution in [3.05, 3.63) is 0 Å². The summed E-state index contributed by atoms with van der Waals surface area (Å²) in [6.45, 7) is 4.30. The topological polar surface area (TPSA) is 49.4 Å². The first-order valence-corrected chi connectivity index (χ1v) is 5.68. The highest BCUT2D eigenvalue weighted by Gasteiger charge is 2.49. The zero-order chi connectivity index (χ0) is 11.1. The van der Waals surface area contributed by atoms with Gasteiger partial charge in [0.05, 0.1) is 5.41 Å². The van der Waals surface area contributed by atoms with E-state index in [-0.39, 0.29) is 23.4 Å². The molecule has 2 fully saturated rings. The number of carbonyl (C=O) groups excluding carboxylic acids is 2. The van der Waals surface area contributed by atoms with E-state index in [0.29, 0.717) is 6.54 Å². The van der Waals surface area contributed by atoms with Gasteiger partial charge in [-0.05, 0) is 26.7 Å². The first-order chi connectivity index (χ1) is 7.07. The molecule has 1 heterocycles. The molecule has 4 heteroatoms. The zero-order valence-electron chi connectivity index (χ0n) is 9.38. The van der Waals surface area contributed by atoms with Crippen molar-refractivity contribution in [1.29, 1.82) is 0 Å². The molecular weight excluding hydrogens is 192 g/mol. The summed E-state index contributed by atoms with van der Waals surface area (Å²) >= 11 is 0. The second-order valence-corrected chi connectivity index (χ2v) is 4.92. The minimum Gasteiger partial charge on any atom is -0.337 e. The predicted octanol–water partition coefficient (Wildman–Crippen LogP) is 1.51. The maximum absolute atomic E-state index is 12.3. The van der Waals surface area contributed by atoms with Crippen molar-refractivity contribution in [2.24, 2.45) is 5.41 Å². The van der Waals surface area contributed by atoms with Gasteiger partial charge in [-0.25, -0.2) is 4.79 Å². The number of nitrogens with one attached hydrogen (secondary N) is 1. The Kier molecular flexibility index (Phi) is 2.44. The van der Waals surface area contributed by atoms with Gasteiger partial charge >= 0.3 is 6.03 Å². The van der Waals surface area contributed by atoms with Crippen molar-refractivity contribution in [3.8, 4) is 0 Å². The van der Waals surface area contributed by atoms with Gasteiger partial charge in [-0.3, -0.25) is 9.69 Å². The van der Waals surface area contributed by atoms with Crippen molar-refractivity contribution in [1.82, 2.24) is 10.2 Å². The zero-order valence-corrected chi connectivity index (χ0v) is 9.38. The number of imide groups is 1. The van der Waals surface area contributed by atoms with Crippen LogP contribution in [0.1, 0.15) is 39.5 Å². The number of hydrogen-bond acceptors (Lipinski definition) is 2. The number of hydrogen-bond donors (Lipinski definition) is 1. The highest BCUT2D eigenvalue weighted by atomic mass is 16.2. The van der Waals surface area contributed by atoms with E-state index in [4.69, 9.17) is 0 Å². The number of amides is 3. The summed E-state index contributed by atoms with van der Waals surface area (Å²) in [5.74, 6) is 0.0405. The molecule has 1 N–H and O–H groups in total. The van der Waals surface area contributed by atoms with Gasteiger partial charge in [0.25, 0.3) is 0 Å². The minimum absolute atomic E-state index is 0.0405. The van der Waals surface area contributed by atoms with Crippen LogP contribution >= 0.6 is 0 Å². The van der Waals surface area contributed by atoms with E-state index in [1.165, 1.54) is 4.90 Å². The normalized spacial score (nSPS) is 25.1. The number of urea groups is 1. The Labute approximate surface area is 90.0 Å². The van der Waals surface area contributed by atoms with Gasteiger partial charge in [0.15, 0.2) is 0 Å². The molecule has 0 unspecified atom stereocenters. The molecule has 0 aromatic carbocycles. The van der Waals surface area contributed by atoms with Crippen molar-refractivity contribution in [2.45, 2.75) is 45.6 Å². The lowest BCUT2D eigenvalue weighted by atomic mass is 9.83. The fraction of sp³-hybridized carbons (Fsp3) is 0.818. The van der Waals surface area contributed by atoms with Gasteiger partial charge in [-0.2, -0.15) is 0 Å². The molecular formula is C11H18N2O2. The van der Waals surface area contributed by atoms with Gasteiger partial charge < -0.3 is 5.32 Å². The van der Waals surface area contributed by atoms with Crippen LogP contribution in [0.2, 0.25) is 0 Å². The van der Waals surface area contributed by atoms with E-state index in [1.54, 1.807) is 0 Å². The highest BCUT2D eigenvalue weighted by Crippen LogP contribution is 2.41. The number of nitrogens with zero attached hydrogens (tertiary/aromatic N) is 1. The summed E-state index contributed by atoms with van der Waals surface area (Å²) in [4.78, 5) is 25.2. The Morgan fingerprint density at radius 3 is 2.40 bits per heavy atom. The lowest BCUT2D eigenvalue weighted by molar-refractivity contribution is -0.141. The fourth-order valence-electron chi connectivity index (χ4n) is 2.66. The molecule has 4 nitrogen and oxygen atoms in total. The SMILES string of the molecule is CC(C)N1C(=O)NCC2(CCCC2)C1=O. The van der Waals surface area contributed by atoms with Crippen molar-refractivity contribution in [3.63, 3.8) is 0 Å². The summed E-state index contributed by atoms with van der Waals surface area (Å²) < 4.78 is 0. The summed E-state index contributed by atoms with van der Waals surface area (Å²) in [6.07, 6.45) is 4.06. The van der Waals surface area contributed by atoms with Crippen LogP contribution in [0, 0.1) is 5.41 Å². The molecule has 2 rings (SSSR count). The molecule has 1 saturated heterocycles. The highest BCUT2D eigenvalue weighted by molar-refractivity contribution is 6.00. The third kappa shape index (κ3) is 1.52. The van der Waals surface area contributed by atoms with Crippen LogP contribution in [0.5, 0.6) is 0 Å². The first-order valence-electron chi connectivity index (χ1n) is 5.68. The van der Waals surface area contributed by atoms with Gasteiger partial charge in [-0.15, -0.1) is 0 Å². The molecule has 1 saturated carbocycles. The van der Waals surface area contributed by atoms with Crippen LogP contribution in [-0.2, 0) is 4.79 Å². The van der Waals surface area contributed by atoms with Crippen molar-refractivity contribution in [2.75, 3.05) is 6.54 Å². The quantitative estimate of drug-likeness (QED) is 0.713. The molecule has 0 aromatic heterocycles.